The van der Waals surface area contributed by atoms with Crippen LogP contribution in [-0.4, -0.2) is 25.8 Å². The number of ether oxygens (including phenoxy) is 1. The van der Waals surface area contributed by atoms with Crippen molar-refractivity contribution >= 4 is 5.97 Å². The summed E-state index contributed by atoms with van der Waals surface area (Å²) in [6, 6.07) is 7.34. The number of carbonyl (C=O) groups excluding carboxylic acids is 1. The summed E-state index contributed by atoms with van der Waals surface area (Å²) in [6.45, 7) is 8.50. The van der Waals surface area contributed by atoms with Crippen molar-refractivity contribution in [3.05, 3.63) is 35.4 Å². The summed E-state index contributed by atoms with van der Waals surface area (Å²) in [6.07, 6.45) is -0.289. The lowest BCUT2D eigenvalue weighted by atomic mass is 9.87. The molecule has 0 aromatic heterocycles. The van der Waals surface area contributed by atoms with Crippen molar-refractivity contribution in [2.45, 2.75) is 39.2 Å². The van der Waals surface area contributed by atoms with E-state index in [2.05, 4.69) is 20.8 Å². The van der Waals surface area contributed by atoms with Crippen LogP contribution in [0.2, 0.25) is 0 Å². The molecule has 0 aliphatic heterocycles. The molecule has 106 valence electrons. The summed E-state index contributed by atoms with van der Waals surface area (Å²) >= 11 is 0. The Morgan fingerprint density at radius 2 is 1.79 bits per heavy atom. The predicted molar refractivity (Wildman–Crippen MR) is 73.0 cm³/mol. The number of methoxy groups -OCH3 is 1. The number of carbonyl (C=O) groups is 1. The van der Waals surface area contributed by atoms with Crippen molar-refractivity contribution < 1.29 is 19.3 Å². The maximum Gasteiger partial charge on any atom is 0.373 e. The summed E-state index contributed by atoms with van der Waals surface area (Å²) in [5.74, 6) is -0.497. The van der Waals surface area contributed by atoms with Gasteiger partial charge in [0.15, 0.2) is 0 Å². The van der Waals surface area contributed by atoms with E-state index in [9.17, 15) is 4.79 Å². The monoisotopic (exact) mass is 266 g/mol. The van der Waals surface area contributed by atoms with Gasteiger partial charge in [-0.15, -0.1) is 0 Å². The standard InChI is InChI=1S/C15H22O4/c1-11(10-17-5)18-19-14(16)12-6-8-13(9-7-12)15(2,3)4/h6-9,11H,10H2,1-5H3. The summed E-state index contributed by atoms with van der Waals surface area (Å²) in [4.78, 5) is 21.4. The molecule has 0 bridgehead atoms. The average molecular weight is 266 g/mol. The first-order valence-corrected chi connectivity index (χ1v) is 6.31. The van der Waals surface area contributed by atoms with Crippen LogP contribution in [0, 0.1) is 0 Å². The summed E-state index contributed by atoms with van der Waals surface area (Å²) in [7, 11) is 1.56. The molecule has 0 aliphatic carbocycles. The Bertz CT molecular complexity index is 403. The average Bonchev–Trinajstić information content (AvgIpc) is 2.35. The Morgan fingerprint density at radius 1 is 1.21 bits per heavy atom. The van der Waals surface area contributed by atoms with Crippen molar-refractivity contribution in [3.8, 4) is 0 Å². The van der Waals surface area contributed by atoms with Crippen molar-refractivity contribution in [2.75, 3.05) is 13.7 Å². The van der Waals surface area contributed by atoms with Gasteiger partial charge in [0.2, 0.25) is 0 Å². The Kier molecular flexibility index (Phi) is 5.51. The molecule has 1 aromatic carbocycles. The molecule has 0 fully saturated rings. The number of hydrogen-bond acceptors (Lipinski definition) is 4. The van der Waals surface area contributed by atoms with Crippen LogP contribution < -0.4 is 0 Å². The quantitative estimate of drug-likeness (QED) is 0.607. The highest BCUT2D eigenvalue weighted by atomic mass is 17.2. The smallest absolute Gasteiger partial charge is 0.373 e. The van der Waals surface area contributed by atoms with Gasteiger partial charge in [-0.2, -0.15) is 4.89 Å². The van der Waals surface area contributed by atoms with E-state index in [-0.39, 0.29) is 11.5 Å². The molecule has 0 radical (unpaired) electrons. The van der Waals surface area contributed by atoms with Gasteiger partial charge in [0.1, 0.15) is 6.10 Å². The van der Waals surface area contributed by atoms with E-state index < -0.39 is 5.97 Å². The van der Waals surface area contributed by atoms with Gasteiger partial charge in [-0.05, 0) is 30.0 Å². The number of rotatable bonds is 5. The lowest BCUT2D eigenvalue weighted by Crippen LogP contribution is -2.18. The van der Waals surface area contributed by atoms with E-state index in [1.165, 1.54) is 0 Å². The third-order valence-corrected chi connectivity index (χ3v) is 2.68. The molecule has 0 N–H and O–H groups in total. The molecular formula is C15H22O4. The van der Waals surface area contributed by atoms with Crippen LogP contribution in [0.5, 0.6) is 0 Å². The normalized spacial score (nSPS) is 13.1. The van der Waals surface area contributed by atoms with Crippen LogP contribution in [0.15, 0.2) is 24.3 Å². The minimum absolute atomic E-state index is 0.0614. The Morgan fingerprint density at radius 3 is 2.26 bits per heavy atom. The van der Waals surface area contributed by atoms with E-state index in [0.29, 0.717) is 12.2 Å². The molecule has 1 rings (SSSR count). The molecule has 4 nitrogen and oxygen atoms in total. The Balaban J connectivity index is 2.59. The highest BCUT2D eigenvalue weighted by molar-refractivity contribution is 5.88. The van der Waals surface area contributed by atoms with E-state index in [1.54, 1.807) is 26.2 Å². The van der Waals surface area contributed by atoms with Crippen molar-refractivity contribution in [1.82, 2.24) is 0 Å². The van der Waals surface area contributed by atoms with Crippen molar-refractivity contribution in [2.24, 2.45) is 0 Å². The fourth-order valence-electron chi connectivity index (χ4n) is 1.54. The Hall–Kier alpha value is -1.39. The first kappa shape index (κ1) is 15.7. The maximum atomic E-state index is 11.7. The third-order valence-electron chi connectivity index (χ3n) is 2.68. The van der Waals surface area contributed by atoms with Gasteiger partial charge in [-0.3, -0.25) is 4.89 Å². The molecule has 0 saturated carbocycles. The van der Waals surface area contributed by atoms with Crippen molar-refractivity contribution in [1.29, 1.82) is 0 Å². The summed E-state index contributed by atoms with van der Waals surface area (Å²) < 4.78 is 4.88. The molecule has 19 heavy (non-hydrogen) atoms. The molecule has 1 aromatic rings. The first-order chi connectivity index (χ1) is 8.84. The van der Waals surface area contributed by atoms with Crippen molar-refractivity contribution in [3.63, 3.8) is 0 Å². The fourth-order valence-corrected chi connectivity index (χ4v) is 1.54. The van der Waals surface area contributed by atoms with E-state index >= 15 is 0 Å². The maximum absolute atomic E-state index is 11.7. The molecule has 0 spiro atoms. The van der Waals surface area contributed by atoms with Gasteiger partial charge in [0.05, 0.1) is 12.2 Å². The molecule has 0 aliphatic rings. The summed E-state index contributed by atoms with van der Waals surface area (Å²) in [5.41, 5.74) is 1.70. The van der Waals surface area contributed by atoms with E-state index in [0.717, 1.165) is 5.56 Å². The predicted octanol–water partition coefficient (Wildman–Crippen LogP) is 3.11. The zero-order chi connectivity index (χ0) is 14.5. The molecule has 0 amide bonds. The zero-order valence-electron chi connectivity index (χ0n) is 12.2. The fraction of sp³-hybridized carbons (Fsp3) is 0.533. The number of benzene rings is 1. The largest absolute Gasteiger partial charge is 0.382 e. The molecule has 1 atom stereocenters. The molecule has 4 heteroatoms. The van der Waals surface area contributed by atoms with Crippen LogP contribution in [0.3, 0.4) is 0 Å². The summed E-state index contributed by atoms with van der Waals surface area (Å²) in [5, 5.41) is 0. The lowest BCUT2D eigenvalue weighted by Gasteiger charge is -2.18. The van der Waals surface area contributed by atoms with Crippen LogP contribution in [0.1, 0.15) is 43.6 Å². The van der Waals surface area contributed by atoms with Crippen LogP contribution in [0.25, 0.3) is 0 Å². The molecule has 0 heterocycles. The zero-order valence-corrected chi connectivity index (χ0v) is 12.2. The molecule has 1 unspecified atom stereocenters. The van der Waals surface area contributed by atoms with Gasteiger partial charge in [0.25, 0.3) is 0 Å². The topological polar surface area (TPSA) is 44.8 Å². The Labute approximate surface area is 114 Å². The van der Waals surface area contributed by atoms with Gasteiger partial charge in [-0.1, -0.05) is 32.9 Å². The van der Waals surface area contributed by atoms with E-state index in [4.69, 9.17) is 14.5 Å². The van der Waals surface area contributed by atoms with Gasteiger partial charge in [0, 0.05) is 7.11 Å². The highest BCUT2D eigenvalue weighted by Gasteiger charge is 2.15. The third kappa shape index (κ3) is 5.01. The minimum atomic E-state index is -0.497. The number of hydrogen-bond donors (Lipinski definition) is 0. The first-order valence-electron chi connectivity index (χ1n) is 6.31. The lowest BCUT2D eigenvalue weighted by molar-refractivity contribution is -0.276. The van der Waals surface area contributed by atoms with Crippen LogP contribution in [-0.2, 0) is 19.9 Å². The van der Waals surface area contributed by atoms with Gasteiger partial charge in [-0.25, -0.2) is 4.79 Å². The second-order valence-electron chi connectivity index (χ2n) is 5.56. The van der Waals surface area contributed by atoms with Gasteiger partial charge >= 0.3 is 5.97 Å². The molecular weight excluding hydrogens is 244 g/mol. The van der Waals surface area contributed by atoms with E-state index in [1.807, 2.05) is 12.1 Å². The second-order valence-corrected chi connectivity index (χ2v) is 5.56. The van der Waals surface area contributed by atoms with Gasteiger partial charge < -0.3 is 4.74 Å². The SMILES string of the molecule is COCC(C)OOC(=O)c1ccc(C(C)(C)C)cc1. The minimum Gasteiger partial charge on any atom is -0.382 e. The highest BCUT2D eigenvalue weighted by Crippen LogP contribution is 2.22. The van der Waals surface area contributed by atoms with Crippen LogP contribution >= 0.6 is 0 Å². The molecule has 0 saturated heterocycles. The second kappa shape index (κ2) is 6.68. The van der Waals surface area contributed by atoms with Crippen LogP contribution in [0.4, 0.5) is 0 Å².